The van der Waals surface area contributed by atoms with Crippen molar-refractivity contribution in [1.29, 1.82) is 0 Å². The largest absolute Gasteiger partial charge is 0.481 e. The number of nitrogen functional groups attached to an aromatic ring is 1. The molecule has 5 aromatic rings. The molecule has 1 unspecified atom stereocenters. The second-order valence-electron chi connectivity index (χ2n) is 14.2. The predicted octanol–water partition coefficient (Wildman–Crippen LogP) is 5.85. The normalized spacial score (nSPS) is 15.1. The molecular formula is C46H45N5O4. The van der Waals surface area contributed by atoms with Gasteiger partial charge in [-0.25, -0.2) is 4.98 Å². The second-order valence-corrected chi connectivity index (χ2v) is 14.2. The van der Waals surface area contributed by atoms with Crippen LogP contribution in [-0.4, -0.2) is 52.4 Å². The zero-order chi connectivity index (χ0) is 38.5. The summed E-state index contributed by atoms with van der Waals surface area (Å²) >= 11 is 0. The van der Waals surface area contributed by atoms with E-state index in [0.29, 0.717) is 18.9 Å². The average molecular weight is 732 g/mol. The van der Waals surface area contributed by atoms with E-state index in [1.165, 1.54) is 46.0 Å². The van der Waals surface area contributed by atoms with Crippen molar-refractivity contribution < 1.29 is 19.5 Å². The number of nitrogens with zero attached hydrogens (tertiary/aromatic N) is 3. The Morgan fingerprint density at radius 2 is 1.78 bits per heavy atom. The molecule has 0 saturated carbocycles. The van der Waals surface area contributed by atoms with Gasteiger partial charge in [-0.15, -0.1) is 0 Å². The zero-order valence-electron chi connectivity index (χ0n) is 31.0. The standard InChI is InChI=1S/C27H27N3O.C19H18N2O3/c1-30(15-13-18-12-14-29-26(28)16-18)27(31)21-8-9-23-20(17-21)7-11-24-22-5-3-2-4-19(22)6-10-25(23)24;1-2-13-7-4-6-10-17(13)21-12-14-8-3-5-9-15(14)20-16(19(21)24)11-18(22)23/h4,6-10,12,14,16-17H,2-3,5,11,13,15H2,1H3,(H2,28,29);2-10,16,20H,1,11-12H2,(H,22,23). The van der Waals surface area contributed by atoms with Gasteiger partial charge in [-0.1, -0.05) is 79.4 Å². The Morgan fingerprint density at radius 1 is 0.982 bits per heavy atom. The highest BCUT2D eigenvalue weighted by Gasteiger charge is 2.32. The van der Waals surface area contributed by atoms with E-state index in [9.17, 15) is 14.4 Å². The lowest BCUT2D eigenvalue weighted by molar-refractivity contribution is -0.138. The third-order valence-corrected chi connectivity index (χ3v) is 10.6. The first kappa shape index (κ1) is 36.9. The Kier molecular flexibility index (Phi) is 10.9. The Balaban J connectivity index is 0.000000175. The van der Waals surface area contributed by atoms with Gasteiger partial charge in [0.25, 0.3) is 5.91 Å². The number of carbonyl (C=O) groups excluding carboxylic acids is 2. The van der Waals surface area contributed by atoms with Gasteiger partial charge in [-0.05, 0) is 117 Å². The van der Waals surface area contributed by atoms with Crippen LogP contribution < -0.4 is 26.4 Å². The number of nitrogens with one attached hydrogen (secondary N) is 1. The molecule has 0 fully saturated rings. The maximum absolute atomic E-state index is 13.0. The topological polar surface area (TPSA) is 129 Å². The second kappa shape index (κ2) is 16.3. The number of fused-ring (bicyclic) bond motifs is 5. The number of pyridine rings is 1. The van der Waals surface area contributed by atoms with Gasteiger partial charge >= 0.3 is 5.97 Å². The van der Waals surface area contributed by atoms with Crippen molar-refractivity contribution in [2.24, 2.45) is 0 Å². The van der Waals surface area contributed by atoms with Gasteiger partial charge in [0.1, 0.15) is 11.9 Å². The summed E-state index contributed by atoms with van der Waals surface area (Å²) in [5, 5.41) is 17.4. The summed E-state index contributed by atoms with van der Waals surface area (Å²) in [4.78, 5) is 44.6. The molecule has 8 rings (SSSR count). The lowest BCUT2D eigenvalue weighted by Gasteiger charge is -2.25. The van der Waals surface area contributed by atoms with E-state index in [1.54, 1.807) is 22.1 Å². The van der Waals surface area contributed by atoms with E-state index in [1.807, 2.05) is 79.8 Å². The van der Waals surface area contributed by atoms with Gasteiger partial charge in [0.05, 0.1) is 18.7 Å². The number of carboxylic acids is 1. The maximum Gasteiger partial charge on any atom is 0.305 e. The number of aromatic nitrogens is 1. The van der Waals surface area contributed by atoms with E-state index in [0.717, 1.165) is 51.7 Å². The highest BCUT2D eigenvalue weighted by Crippen LogP contribution is 2.30. The number of carboxylic acid groups (broad SMARTS) is 1. The van der Waals surface area contributed by atoms with Gasteiger partial charge < -0.3 is 26.0 Å². The molecule has 3 aliphatic rings. The average Bonchev–Trinajstić information content (AvgIpc) is 3.34. The lowest BCUT2D eigenvalue weighted by Crippen LogP contribution is -2.42. The summed E-state index contributed by atoms with van der Waals surface area (Å²) in [5.74, 6) is -0.722. The number of aliphatic carboxylic acids is 1. The third-order valence-electron chi connectivity index (χ3n) is 10.6. The summed E-state index contributed by atoms with van der Waals surface area (Å²) in [6.07, 6.45) is 13.1. The summed E-state index contributed by atoms with van der Waals surface area (Å²) in [7, 11) is 1.86. The Morgan fingerprint density at radius 3 is 2.60 bits per heavy atom. The van der Waals surface area contributed by atoms with Crippen molar-refractivity contribution in [1.82, 2.24) is 9.88 Å². The van der Waals surface area contributed by atoms with E-state index >= 15 is 0 Å². The molecule has 278 valence electrons. The highest BCUT2D eigenvalue weighted by molar-refractivity contribution is 6.03. The van der Waals surface area contributed by atoms with Crippen LogP contribution >= 0.6 is 0 Å². The predicted molar refractivity (Wildman–Crippen MR) is 219 cm³/mol. The van der Waals surface area contributed by atoms with Crippen molar-refractivity contribution in [2.75, 3.05) is 29.5 Å². The van der Waals surface area contributed by atoms with Crippen LogP contribution in [0.1, 0.15) is 57.4 Å². The molecule has 9 nitrogen and oxygen atoms in total. The number of rotatable bonds is 8. The minimum absolute atomic E-state index is 0.0454. The number of nitrogens with two attached hydrogens (primary N) is 1. The van der Waals surface area contributed by atoms with Gasteiger partial charge in [0.2, 0.25) is 5.91 Å². The van der Waals surface area contributed by atoms with E-state index in [2.05, 4.69) is 47.2 Å². The van der Waals surface area contributed by atoms with Gasteiger partial charge in [0, 0.05) is 31.0 Å². The van der Waals surface area contributed by atoms with Crippen LogP contribution in [0.2, 0.25) is 0 Å². The van der Waals surface area contributed by atoms with E-state index in [4.69, 9.17) is 10.8 Å². The number of para-hydroxylation sites is 2. The van der Waals surface area contributed by atoms with Gasteiger partial charge in [-0.3, -0.25) is 14.4 Å². The fourth-order valence-corrected chi connectivity index (χ4v) is 7.72. The molecule has 1 atom stereocenters. The van der Waals surface area contributed by atoms with Crippen LogP contribution in [0, 0.1) is 10.4 Å². The summed E-state index contributed by atoms with van der Waals surface area (Å²) in [6, 6.07) is 28.7. The number of hydrogen-bond acceptors (Lipinski definition) is 6. The molecule has 4 aromatic carbocycles. The molecule has 0 saturated heterocycles. The Bertz CT molecular complexity index is 2530. The van der Waals surface area contributed by atoms with Gasteiger partial charge in [0.15, 0.2) is 0 Å². The van der Waals surface area contributed by atoms with Crippen molar-refractivity contribution in [3.63, 3.8) is 0 Å². The van der Waals surface area contributed by atoms with Crippen molar-refractivity contribution >= 4 is 53.2 Å². The lowest BCUT2D eigenvalue weighted by atomic mass is 9.88. The fourth-order valence-electron chi connectivity index (χ4n) is 7.72. The number of benzene rings is 4. The quantitative estimate of drug-likeness (QED) is 0.183. The molecular weight excluding hydrogens is 687 g/mol. The van der Waals surface area contributed by atoms with Crippen LogP contribution in [-0.2, 0) is 35.4 Å². The van der Waals surface area contributed by atoms with Crippen molar-refractivity contribution in [3.8, 4) is 0 Å². The fraction of sp³-hybridized carbons (Fsp3) is 0.217. The van der Waals surface area contributed by atoms with Crippen molar-refractivity contribution in [2.45, 2.75) is 51.1 Å². The molecule has 4 N–H and O–H groups in total. The first-order valence-electron chi connectivity index (χ1n) is 18.7. The summed E-state index contributed by atoms with van der Waals surface area (Å²) in [6.45, 7) is 4.81. The number of carbonyl (C=O) groups is 3. The number of hydrogen-bond donors (Lipinski definition) is 3. The monoisotopic (exact) mass is 731 g/mol. The number of amides is 2. The molecule has 0 spiro atoms. The SMILES string of the molecule is C=Cc1ccccc1N1Cc2ccccc2NC(CC(=O)O)C1=O.CN(CCc1ccnc(N)c1)C(=O)c1ccc2c(c1)=CCc1c3c(ccc1=2)=CCCC3. The molecule has 2 amide bonds. The first-order chi connectivity index (χ1) is 26.7. The molecule has 2 heterocycles. The van der Waals surface area contributed by atoms with Crippen LogP contribution in [0.15, 0.2) is 104 Å². The van der Waals surface area contributed by atoms with E-state index < -0.39 is 12.0 Å². The minimum Gasteiger partial charge on any atom is -0.481 e. The Hall–Kier alpha value is -6.48. The number of likely N-dealkylation sites (N-methyl/N-ethyl adjacent to an activating group) is 1. The summed E-state index contributed by atoms with van der Waals surface area (Å²) in [5.41, 5.74) is 13.9. The van der Waals surface area contributed by atoms with E-state index in [-0.39, 0.29) is 18.2 Å². The first-order valence-corrected chi connectivity index (χ1v) is 18.7. The molecule has 1 aliphatic heterocycles. The summed E-state index contributed by atoms with van der Waals surface area (Å²) < 4.78 is 0. The third kappa shape index (κ3) is 8.06. The maximum atomic E-state index is 13.0. The number of anilines is 3. The molecule has 0 radical (unpaired) electrons. The minimum atomic E-state index is -1.02. The van der Waals surface area contributed by atoms with Crippen molar-refractivity contribution in [3.05, 3.63) is 158 Å². The Labute approximate surface area is 320 Å². The van der Waals surface area contributed by atoms with Crippen LogP contribution in [0.25, 0.3) is 18.2 Å². The van der Waals surface area contributed by atoms with Crippen LogP contribution in [0.5, 0.6) is 0 Å². The molecule has 1 aromatic heterocycles. The molecule has 9 heteroatoms. The molecule has 55 heavy (non-hydrogen) atoms. The highest BCUT2D eigenvalue weighted by atomic mass is 16.4. The van der Waals surface area contributed by atoms with Crippen LogP contribution in [0.3, 0.4) is 0 Å². The molecule has 2 aliphatic carbocycles. The molecule has 0 bridgehead atoms. The zero-order valence-corrected chi connectivity index (χ0v) is 31.0. The van der Waals surface area contributed by atoms with Crippen LogP contribution in [0.4, 0.5) is 17.2 Å². The smallest absolute Gasteiger partial charge is 0.305 e. The van der Waals surface area contributed by atoms with Gasteiger partial charge in [-0.2, -0.15) is 0 Å².